The molecule has 1 rings (SSSR count). The molecular weight excluding hydrogens is 249 g/mol. The van der Waals surface area contributed by atoms with Crippen molar-refractivity contribution < 1.29 is 22.7 Å². The highest BCUT2D eigenvalue weighted by Crippen LogP contribution is 2.24. The number of sulfonamides is 1. The molecular formula is C10H14FNO4S. The van der Waals surface area contributed by atoms with E-state index in [0.717, 1.165) is 12.1 Å². The molecule has 0 unspecified atom stereocenters. The molecule has 1 aromatic carbocycles. The highest BCUT2D eigenvalue weighted by Gasteiger charge is 2.12. The summed E-state index contributed by atoms with van der Waals surface area (Å²) in [6.07, 6.45) is 0.341. The summed E-state index contributed by atoms with van der Waals surface area (Å²) in [6.45, 7) is 0.330. The van der Waals surface area contributed by atoms with E-state index in [1.807, 2.05) is 0 Å². The van der Waals surface area contributed by atoms with Gasteiger partial charge in [-0.1, -0.05) is 0 Å². The number of hydrogen-bond acceptors (Lipinski definition) is 4. The Morgan fingerprint density at radius 3 is 2.76 bits per heavy atom. The molecule has 0 bridgehead atoms. The van der Waals surface area contributed by atoms with Crippen LogP contribution >= 0.6 is 0 Å². The van der Waals surface area contributed by atoms with E-state index < -0.39 is 21.6 Å². The molecule has 0 fully saturated rings. The van der Waals surface area contributed by atoms with Crippen LogP contribution in [0.15, 0.2) is 18.2 Å². The summed E-state index contributed by atoms with van der Waals surface area (Å²) in [4.78, 5) is 0. The monoisotopic (exact) mass is 263 g/mol. The second kappa shape index (κ2) is 5.83. The number of aromatic hydroxyl groups is 1. The number of methoxy groups -OCH3 is 1. The number of ether oxygens (including phenoxy) is 1. The predicted octanol–water partition coefficient (Wildman–Crippen LogP) is 1.31. The Morgan fingerprint density at radius 2 is 2.18 bits per heavy atom. The highest BCUT2D eigenvalue weighted by molar-refractivity contribution is 7.92. The van der Waals surface area contributed by atoms with Crippen LogP contribution in [0.3, 0.4) is 0 Å². The smallest absolute Gasteiger partial charge is 0.232 e. The lowest BCUT2D eigenvalue weighted by atomic mass is 10.3. The van der Waals surface area contributed by atoms with Crippen LogP contribution in [-0.2, 0) is 14.8 Å². The Kier molecular flexibility index (Phi) is 4.71. The van der Waals surface area contributed by atoms with Crippen molar-refractivity contribution >= 4 is 15.7 Å². The van der Waals surface area contributed by atoms with E-state index >= 15 is 0 Å². The fraction of sp³-hybridized carbons (Fsp3) is 0.400. The molecule has 0 aromatic heterocycles. The first-order valence-corrected chi connectivity index (χ1v) is 6.58. The molecule has 1 aromatic rings. The van der Waals surface area contributed by atoms with Gasteiger partial charge < -0.3 is 9.84 Å². The van der Waals surface area contributed by atoms with Gasteiger partial charge in [-0.25, -0.2) is 12.8 Å². The molecule has 2 N–H and O–H groups in total. The molecule has 0 aliphatic heterocycles. The SMILES string of the molecule is COCCCS(=O)(=O)Nc1ccc(F)cc1O. The van der Waals surface area contributed by atoms with Crippen molar-refractivity contribution in [2.24, 2.45) is 0 Å². The molecule has 0 atom stereocenters. The van der Waals surface area contributed by atoms with Crippen LogP contribution in [0.5, 0.6) is 5.75 Å². The van der Waals surface area contributed by atoms with Gasteiger partial charge in [-0.05, 0) is 18.6 Å². The largest absolute Gasteiger partial charge is 0.506 e. The standard InChI is InChI=1S/C10H14FNO4S/c1-16-5-2-6-17(14,15)12-9-4-3-8(11)7-10(9)13/h3-4,7,12-13H,2,5-6H2,1H3. The van der Waals surface area contributed by atoms with Crippen LogP contribution in [0.4, 0.5) is 10.1 Å². The third kappa shape index (κ3) is 4.58. The van der Waals surface area contributed by atoms with Gasteiger partial charge in [0.05, 0.1) is 11.4 Å². The first-order chi connectivity index (χ1) is 7.94. The maximum Gasteiger partial charge on any atom is 0.232 e. The molecule has 0 amide bonds. The maximum atomic E-state index is 12.7. The predicted molar refractivity (Wildman–Crippen MR) is 62.0 cm³/mol. The minimum absolute atomic E-state index is 0.0381. The van der Waals surface area contributed by atoms with Crippen molar-refractivity contribution in [3.63, 3.8) is 0 Å². The molecule has 0 heterocycles. The van der Waals surface area contributed by atoms with Crippen molar-refractivity contribution in [3.8, 4) is 5.75 Å². The van der Waals surface area contributed by atoms with Gasteiger partial charge in [0.2, 0.25) is 10.0 Å². The third-order valence-electron chi connectivity index (χ3n) is 1.99. The molecule has 0 radical (unpaired) electrons. The molecule has 7 heteroatoms. The van der Waals surface area contributed by atoms with Gasteiger partial charge >= 0.3 is 0 Å². The highest BCUT2D eigenvalue weighted by atomic mass is 32.2. The summed E-state index contributed by atoms with van der Waals surface area (Å²) in [7, 11) is -2.08. The summed E-state index contributed by atoms with van der Waals surface area (Å²) in [5, 5.41) is 9.33. The Morgan fingerprint density at radius 1 is 1.47 bits per heavy atom. The van der Waals surface area contributed by atoms with Crippen LogP contribution in [0, 0.1) is 5.82 Å². The minimum atomic E-state index is -3.55. The fourth-order valence-corrected chi connectivity index (χ4v) is 2.31. The summed E-state index contributed by atoms with van der Waals surface area (Å²) in [6, 6.07) is 3.07. The number of benzene rings is 1. The van der Waals surface area contributed by atoms with Crippen LogP contribution in [-0.4, -0.2) is 33.0 Å². The van der Waals surface area contributed by atoms with E-state index in [2.05, 4.69) is 4.72 Å². The van der Waals surface area contributed by atoms with Crippen LogP contribution in [0.25, 0.3) is 0 Å². The van der Waals surface area contributed by atoms with Gasteiger partial charge in [0, 0.05) is 19.8 Å². The van der Waals surface area contributed by atoms with Crippen molar-refractivity contribution in [1.82, 2.24) is 0 Å². The maximum absolute atomic E-state index is 12.7. The average molecular weight is 263 g/mol. The lowest BCUT2D eigenvalue weighted by Gasteiger charge is -2.09. The number of nitrogens with one attached hydrogen (secondary N) is 1. The number of hydrogen-bond donors (Lipinski definition) is 2. The quantitative estimate of drug-likeness (QED) is 0.599. The molecule has 0 aliphatic carbocycles. The first kappa shape index (κ1) is 13.7. The Bertz CT molecular complexity index is 475. The second-order valence-electron chi connectivity index (χ2n) is 3.43. The van der Waals surface area contributed by atoms with Gasteiger partial charge in [0.25, 0.3) is 0 Å². The molecule has 0 spiro atoms. The second-order valence-corrected chi connectivity index (χ2v) is 5.27. The number of anilines is 1. The molecule has 0 aliphatic rings. The molecule has 96 valence electrons. The Balaban J connectivity index is 2.69. The van der Waals surface area contributed by atoms with Crippen molar-refractivity contribution in [2.45, 2.75) is 6.42 Å². The van der Waals surface area contributed by atoms with E-state index in [0.29, 0.717) is 13.0 Å². The van der Waals surface area contributed by atoms with Crippen LogP contribution < -0.4 is 4.72 Å². The zero-order valence-corrected chi connectivity index (χ0v) is 10.1. The van der Waals surface area contributed by atoms with Gasteiger partial charge in [0.15, 0.2) is 0 Å². The third-order valence-corrected chi connectivity index (χ3v) is 3.34. The summed E-state index contributed by atoms with van der Waals surface area (Å²) >= 11 is 0. The zero-order valence-electron chi connectivity index (χ0n) is 9.31. The molecule has 17 heavy (non-hydrogen) atoms. The van der Waals surface area contributed by atoms with E-state index in [1.165, 1.54) is 13.2 Å². The topological polar surface area (TPSA) is 75.6 Å². The van der Waals surface area contributed by atoms with Gasteiger partial charge in [-0.2, -0.15) is 0 Å². The van der Waals surface area contributed by atoms with Crippen molar-refractivity contribution in [3.05, 3.63) is 24.0 Å². The van der Waals surface area contributed by atoms with Crippen molar-refractivity contribution in [2.75, 3.05) is 24.2 Å². The van der Waals surface area contributed by atoms with E-state index in [9.17, 15) is 17.9 Å². The van der Waals surface area contributed by atoms with Gasteiger partial charge in [-0.3, -0.25) is 4.72 Å². The average Bonchev–Trinajstić information content (AvgIpc) is 2.22. The summed E-state index contributed by atoms with van der Waals surface area (Å²) in [5.74, 6) is -1.21. The van der Waals surface area contributed by atoms with E-state index in [-0.39, 0.29) is 11.4 Å². The van der Waals surface area contributed by atoms with Crippen molar-refractivity contribution in [1.29, 1.82) is 0 Å². The minimum Gasteiger partial charge on any atom is -0.506 e. The van der Waals surface area contributed by atoms with E-state index in [4.69, 9.17) is 4.74 Å². The van der Waals surface area contributed by atoms with Crippen LogP contribution in [0.2, 0.25) is 0 Å². The zero-order chi connectivity index (χ0) is 12.9. The van der Waals surface area contributed by atoms with Crippen LogP contribution in [0.1, 0.15) is 6.42 Å². The Hall–Kier alpha value is -1.34. The summed E-state index contributed by atoms with van der Waals surface area (Å²) < 4.78 is 42.7. The lowest BCUT2D eigenvalue weighted by molar-refractivity contribution is 0.199. The fourth-order valence-electron chi connectivity index (χ4n) is 1.20. The molecule has 5 nitrogen and oxygen atoms in total. The van der Waals surface area contributed by atoms with E-state index in [1.54, 1.807) is 0 Å². The number of rotatable bonds is 6. The number of halogens is 1. The number of phenols is 1. The van der Waals surface area contributed by atoms with Gasteiger partial charge in [0.1, 0.15) is 11.6 Å². The number of phenolic OH excluding ortho intramolecular Hbond substituents is 1. The summed E-state index contributed by atoms with van der Waals surface area (Å²) in [5.41, 5.74) is -0.0381. The molecule has 0 saturated carbocycles. The molecule has 0 saturated heterocycles. The first-order valence-electron chi connectivity index (χ1n) is 4.92. The normalized spacial score (nSPS) is 11.4. The lowest BCUT2D eigenvalue weighted by Crippen LogP contribution is -2.17. The van der Waals surface area contributed by atoms with Gasteiger partial charge in [-0.15, -0.1) is 0 Å². The Labute approximate surface area is 99.3 Å².